The maximum Gasteiger partial charge on any atom is 0.312 e. The summed E-state index contributed by atoms with van der Waals surface area (Å²) in [6.07, 6.45) is 1.46. The van der Waals surface area contributed by atoms with Crippen LogP contribution in [0.4, 0.5) is 5.69 Å². The number of ether oxygens (including phenoxy) is 1. The minimum atomic E-state index is -0.502. The van der Waals surface area contributed by atoms with Gasteiger partial charge >= 0.3 is 5.69 Å². The molecule has 0 amide bonds. The number of hydrogen-bond donors (Lipinski definition) is 1. The SMILES string of the molecule is N#Cc1ccc(OC2c3ccccc3CC2N2CCC(N)C2)c([N+](=O)[O-])c1. The van der Waals surface area contributed by atoms with Crippen LogP contribution in [0.5, 0.6) is 5.75 Å². The predicted molar refractivity (Wildman–Crippen MR) is 99.3 cm³/mol. The molecule has 2 aromatic rings. The molecule has 27 heavy (non-hydrogen) atoms. The van der Waals surface area contributed by atoms with Crippen LogP contribution in [0.25, 0.3) is 0 Å². The lowest BCUT2D eigenvalue weighted by atomic mass is 10.1. The Bertz CT molecular complexity index is 924. The van der Waals surface area contributed by atoms with Gasteiger partial charge in [-0.05, 0) is 36.1 Å². The smallest absolute Gasteiger partial charge is 0.312 e. The average molecular weight is 364 g/mol. The monoisotopic (exact) mass is 364 g/mol. The quantitative estimate of drug-likeness (QED) is 0.660. The van der Waals surface area contributed by atoms with Crippen LogP contribution < -0.4 is 10.5 Å². The number of nitrogens with two attached hydrogens (primary N) is 1. The fraction of sp³-hybridized carbons (Fsp3) is 0.350. The summed E-state index contributed by atoms with van der Waals surface area (Å²) in [6.45, 7) is 1.70. The lowest BCUT2D eigenvalue weighted by Gasteiger charge is -2.30. The van der Waals surface area contributed by atoms with Gasteiger partial charge in [-0.2, -0.15) is 5.26 Å². The van der Waals surface area contributed by atoms with E-state index in [4.69, 9.17) is 15.7 Å². The van der Waals surface area contributed by atoms with E-state index >= 15 is 0 Å². The molecular formula is C20H20N4O3. The van der Waals surface area contributed by atoms with Crippen LogP contribution in [0.1, 0.15) is 29.2 Å². The Balaban J connectivity index is 1.70. The summed E-state index contributed by atoms with van der Waals surface area (Å²) in [7, 11) is 0. The van der Waals surface area contributed by atoms with Gasteiger partial charge in [0.15, 0.2) is 5.75 Å². The summed E-state index contributed by atoms with van der Waals surface area (Å²) in [6, 6.07) is 14.6. The molecule has 0 saturated carbocycles. The lowest BCUT2D eigenvalue weighted by Crippen LogP contribution is -2.40. The zero-order valence-corrected chi connectivity index (χ0v) is 14.7. The van der Waals surface area contributed by atoms with Gasteiger partial charge in [0.25, 0.3) is 0 Å². The topological polar surface area (TPSA) is 105 Å². The van der Waals surface area contributed by atoms with E-state index in [9.17, 15) is 10.1 Å². The van der Waals surface area contributed by atoms with Gasteiger partial charge in [-0.1, -0.05) is 24.3 Å². The van der Waals surface area contributed by atoms with Gasteiger partial charge in [-0.25, -0.2) is 0 Å². The molecule has 4 rings (SSSR count). The second-order valence-electron chi connectivity index (χ2n) is 7.10. The van der Waals surface area contributed by atoms with E-state index in [2.05, 4.69) is 11.0 Å². The highest BCUT2D eigenvalue weighted by molar-refractivity contribution is 5.52. The highest BCUT2D eigenvalue weighted by Gasteiger charge is 2.40. The van der Waals surface area contributed by atoms with Gasteiger partial charge in [0, 0.05) is 25.2 Å². The van der Waals surface area contributed by atoms with Crippen molar-refractivity contribution in [2.24, 2.45) is 5.73 Å². The summed E-state index contributed by atoms with van der Waals surface area (Å²) < 4.78 is 6.22. The maximum atomic E-state index is 11.5. The van der Waals surface area contributed by atoms with Crippen molar-refractivity contribution in [2.45, 2.75) is 31.0 Å². The number of likely N-dealkylation sites (tertiary alicyclic amines) is 1. The van der Waals surface area contributed by atoms with Gasteiger partial charge in [0.1, 0.15) is 6.10 Å². The van der Waals surface area contributed by atoms with Gasteiger partial charge in [0.2, 0.25) is 0 Å². The van der Waals surface area contributed by atoms with Crippen molar-refractivity contribution in [2.75, 3.05) is 13.1 Å². The van der Waals surface area contributed by atoms with Crippen LogP contribution in [0.3, 0.4) is 0 Å². The zero-order chi connectivity index (χ0) is 19.0. The van der Waals surface area contributed by atoms with Crippen LogP contribution in [-0.4, -0.2) is 35.0 Å². The van der Waals surface area contributed by atoms with Crippen LogP contribution in [-0.2, 0) is 6.42 Å². The number of hydrogen-bond acceptors (Lipinski definition) is 6. The molecule has 138 valence electrons. The summed E-state index contributed by atoms with van der Waals surface area (Å²) in [5, 5.41) is 20.5. The van der Waals surface area contributed by atoms with Crippen molar-refractivity contribution in [3.8, 4) is 11.8 Å². The first-order chi connectivity index (χ1) is 13.1. The highest BCUT2D eigenvalue weighted by Crippen LogP contribution is 2.41. The molecule has 1 aliphatic carbocycles. The van der Waals surface area contributed by atoms with Crippen LogP contribution in [0.15, 0.2) is 42.5 Å². The standard InChI is InChI=1S/C20H20N4O3/c21-11-13-5-6-19(17(9-13)24(25)26)27-20-16-4-2-1-3-14(16)10-18(20)23-8-7-15(22)12-23/h1-6,9,15,18,20H,7-8,10,12,22H2. The van der Waals surface area contributed by atoms with Crippen LogP contribution >= 0.6 is 0 Å². The largest absolute Gasteiger partial charge is 0.477 e. The first kappa shape index (κ1) is 17.5. The Labute approximate surface area is 157 Å². The molecule has 3 atom stereocenters. The first-order valence-corrected chi connectivity index (χ1v) is 8.99. The van der Waals surface area contributed by atoms with Crippen molar-refractivity contribution in [3.05, 3.63) is 69.3 Å². The summed E-state index contributed by atoms with van der Waals surface area (Å²) in [5.74, 6) is 0.189. The van der Waals surface area contributed by atoms with Crippen LogP contribution in [0, 0.1) is 21.4 Å². The summed E-state index contributed by atoms with van der Waals surface area (Å²) in [5.41, 5.74) is 8.40. The Morgan fingerprint density at radius 3 is 2.81 bits per heavy atom. The Kier molecular flexibility index (Phi) is 4.52. The molecule has 3 unspecified atom stereocenters. The fourth-order valence-corrected chi connectivity index (χ4v) is 4.08. The second kappa shape index (κ2) is 6.99. The van der Waals surface area contributed by atoms with E-state index < -0.39 is 4.92 Å². The van der Waals surface area contributed by atoms with Crippen molar-refractivity contribution in [1.82, 2.24) is 4.90 Å². The molecule has 7 heteroatoms. The number of benzene rings is 2. The molecule has 7 nitrogen and oxygen atoms in total. The molecule has 1 saturated heterocycles. The fourth-order valence-electron chi connectivity index (χ4n) is 4.08. The summed E-state index contributed by atoms with van der Waals surface area (Å²) in [4.78, 5) is 13.3. The molecule has 1 fully saturated rings. The number of nitro groups is 1. The lowest BCUT2D eigenvalue weighted by molar-refractivity contribution is -0.386. The zero-order valence-electron chi connectivity index (χ0n) is 14.7. The number of fused-ring (bicyclic) bond motifs is 1. The molecule has 2 aromatic carbocycles. The normalized spacial score (nSPS) is 24.4. The van der Waals surface area contributed by atoms with E-state index in [1.165, 1.54) is 17.7 Å². The van der Waals surface area contributed by atoms with E-state index in [0.29, 0.717) is 0 Å². The second-order valence-corrected chi connectivity index (χ2v) is 7.10. The van der Waals surface area contributed by atoms with Crippen molar-refractivity contribution < 1.29 is 9.66 Å². The third-order valence-electron chi connectivity index (χ3n) is 5.40. The third-order valence-corrected chi connectivity index (χ3v) is 5.40. The predicted octanol–water partition coefficient (Wildman–Crippen LogP) is 2.54. The molecule has 2 aliphatic rings. The highest BCUT2D eigenvalue weighted by atomic mass is 16.6. The van der Waals surface area contributed by atoms with Crippen molar-refractivity contribution >= 4 is 5.69 Å². The van der Waals surface area contributed by atoms with Gasteiger partial charge in [-0.15, -0.1) is 0 Å². The van der Waals surface area contributed by atoms with Crippen LogP contribution in [0.2, 0.25) is 0 Å². The molecule has 0 spiro atoms. The molecule has 2 N–H and O–H groups in total. The van der Waals surface area contributed by atoms with E-state index in [-0.39, 0.29) is 35.2 Å². The van der Waals surface area contributed by atoms with E-state index in [1.54, 1.807) is 6.07 Å². The summed E-state index contributed by atoms with van der Waals surface area (Å²) >= 11 is 0. The van der Waals surface area contributed by atoms with Crippen molar-refractivity contribution in [3.63, 3.8) is 0 Å². The van der Waals surface area contributed by atoms with E-state index in [1.807, 2.05) is 24.3 Å². The van der Waals surface area contributed by atoms with Gasteiger partial charge < -0.3 is 10.5 Å². The first-order valence-electron chi connectivity index (χ1n) is 8.99. The van der Waals surface area contributed by atoms with Crippen molar-refractivity contribution in [1.29, 1.82) is 5.26 Å². The number of nitriles is 1. The molecule has 0 radical (unpaired) electrons. The van der Waals surface area contributed by atoms with Gasteiger partial charge in [-0.3, -0.25) is 15.0 Å². The van der Waals surface area contributed by atoms with E-state index in [0.717, 1.165) is 31.5 Å². The average Bonchev–Trinajstić information content (AvgIpc) is 3.26. The minimum Gasteiger partial charge on any atom is -0.477 e. The number of nitrogens with zero attached hydrogens (tertiary/aromatic N) is 3. The molecule has 0 aromatic heterocycles. The Morgan fingerprint density at radius 1 is 1.30 bits per heavy atom. The molecule has 1 aliphatic heterocycles. The Hall–Kier alpha value is -2.95. The number of nitro benzene ring substituents is 1. The molecule has 0 bridgehead atoms. The Morgan fingerprint density at radius 2 is 2.11 bits per heavy atom. The molecular weight excluding hydrogens is 344 g/mol. The number of rotatable bonds is 4. The molecule has 1 heterocycles. The third kappa shape index (κ3) is 3.25. The maximum absolute atomic E-state index is 11.5. The minimum absolute atomic E-state index is 0.0891. The van der Waals surface area contributed by atoms with Gasteiger partial charge in [0.05, 0.1) is 22.6 Å².